The first-order valence-electron chi connectivity index (χ1n) is 24.1. The topological polar surface area (TPSA) is 565 Å². The molecule has 7 heterocycles. The van der Waals surface area contributed by atoms with E-state index in [1.807, 2.05) is 0 Å². The lowest BCUT2D eigenvalue weighted by Crippen LogP contribution is -2.68. The van der Waals surface area contributed by atoms with Gasteiger partial charge in [0.2, 0.25) is 0 Å². The normalized spacial score (nSPS) is 53.6. The average molecular weight is 1120 g/mol. The minimum absolute atomic E-state index is 0.677. The van der Waals surface area contributed by atoms with Crippen LogP contribution in [0.3, 0.4) is 0 Å². The monoisotopic (exact) mass is 1120 g/mol. The van der Waals surface area contributed by atoms with Crippen molar-refractivity contribution in [2.24, 2.45) is 0 Å². The Bertz CT molecular complexity index is 1760. The van der Waals surface area contributed by atoms with Crippen LogP contribution in [0.5, 0.6) is 0 Å². The smallest absolute Gasteiger partial charge is 0.187 e. The van der Waals surface area contributed by atoms with Crippen molar-refractivity contribution in [3.8, 4) is 0 Å². The first-order valence-corrected chi connectivity index (χ1v) is 24.1. The molecule has 0 saturated carbocycles. The molecule has 0 unspecified atom stereocenters. The summed E-state index contributed by atoms with van der Waals surface area (Å²) in [7, 11) is 0. The van der Waals surface area contributed by atoms with Crippen molar-refractivity contribution in [2.45, 2.75) is 209 Å². The molecular formula is C41H70O35. The van der Waals surface area contributed by atoms with Crippen molar-refractivity contribution in [3.63, 3.8) is 0 Å². The second-order valence-electron chi connectivity index (χ2n) is 19.2. The van der Waals surface area contributed by atoms with Gasteiger partial charge < -0.3 is 174 Å². The van der Waals surface area contributed by atoms with E-state index in [2.05, 4.69) is 0 Å². The highest BCUT2D eigenvalue weighted by Crippen LogP contribution is 2.37. The maximum Gasteiger partial charge on any atom is 0.187 e. The Morgan fingerprint density at radius 2 is 0.632 bits per heavy atom. The molecule has 0 aliphatic carbocycles. The van der Waals surface area contributed by atoms with Crippen molar-refractivity contribution < 1.29 is 174 Å². The Kier molecular flexibility index (Phi) is 21.8. The van der Waals surface area contributed by atoms with Crippen LogP contribution >= 0.6 is 0 Å². The van der Waals surface area contributed by atoms with E-state index < -0.39 is 255 Å². The van der Waals surface area contributed by atoms with E-state index in [0.29, 0.717) is 0 Å². The highest BCUT2D eigenvalue weighted by atomic mass is 16.8. The first kappa shape index (κ1) is 62.2. The summed E-state index contributed by atoms with van der Waals surface area (Å²) in [4.78, 5) is 0. The third kappa shape index (κ3) is 13.1. The van der Waals surface area contributed by atoms with E-state index in [1.165, 1.54) is 0 Å². The van der Waals surface area contributed by atoms with E-state index >= 15 is 0 Å². The van der Waals surface area contributed by atoms with E-state index in [1.54, 1.807) is 0 Å². The summed E-state index contributed by atoms with van der Waals surface area (Å²) in [6, 6.07) is 0. The maximum absolute atomic E-state index is 11.6. The number of hydrogen-bond acceptors (Lipinski definition) is 35. The van der Waals surface area contributed by atoms with Gasteiger partial charge in [-0.3, -0.25) is 0 Å². The lowest BCUT2D eigenvalue weighted by Gasteiger charge is -2.50. The van der Waals surface area contributed by atoms with Crippen LogP contribution in [-0.2, 0) is 61.6 Å². The van der Waals surface area contributed by atoms with Gasteiger partial charge in [0.05, 0.1) is 46.2 Å². The van der Waals surface area contributed by atoms with Crippen LogP contribution in [0.1, 0.15) is 0 Å². The van der Waals surface area contributed by atoms with Gasteiger partial charge in [0.1, 0.15) is 165 Å². The van der Waals surface area contributed by atoms with Crippen LogP contribution in [-0.4, -0.2) is 367 Å². The zero-order valence-electron chi connectivity index (χ0n) is 39.7. The molecule has 35 nitrogen and oxygen atoms in total. The predicted molar refractivity (Wildman–Crippen MR) is 226 cm³/mol. The predicted octanol–water partition coefficient (Wildman–Crippen LogP) is -15.6. The van der Waals surface area contributed by atoms with Gasteiger partial charge in [-0.2, -0.15) is 0 Å². The molecule has 0 bridgehead atoms. The minimum Gasteiger partial charge on any atom is -0.394 e. The van der Waals surface area contributed by atoms with Crippen LogP contribution < -0.4 is 0 Å². The second kappa shape index (κ2) is 26.7. The highest BCUT2D eigenvalue weighted by Gasteiger charge is 2.57. The Morgan fingerprint density at radius 1 is 0.276 bits per heavy atom. The van der Waals surface area contributed by atoms with Crippen molar-refractivity contribution in [1.82, 2.24) is 0 Å². The summed E-state index contributed by atoms with van der Waals surface area (Å²) < 4.78 is 72.8. The first-order chi connectivity index (χ1) is 35.9. The van der Waals surface area contributed by atoms with Crippen LogP contribution in [0.15, 0.2) is 0 Å². The van der Waals surface area contributed by atoms with E-state index in [-0.39, 0.29) is 0 Å². The number of rotatable bonds is 18. The van der Waals surface area contributed by atoms with Crippen molar-refractivity contribution in [2.75, 3.05) is 46.2 Å². The van der Waals surface area contributed by atoms with Crippen molar-refractivity contribution >= 4 is 0 Å². The molecule has 35 heteroatoms. The van der Waals surface area contributed by atoms with Gasteiger partial charge in [-0.25, -0.2) is 0 Å². The van der Waals surface area contributed by atoms with Gasteiger partial charge in [0.25, 0.3) is 0 Å². The van der Waals surface area contributed by atoms with Crippen LogP contribution in [0, 0.1) is 0 Å². The molecule has 7 fully saturated rings. The lowest BCUT2D eigenvalue weighted by atomic mass is 9.95. The molecule has 34 atom stereocenters. The lowest BCUT2D eigenvalue weighted by molar-refractivity contribution is -0.403. The molecule has 444 valence electrons. The van der Waals surface area contributed by atoms with Crippen LogP contribution in [0.4, 0.5) is 0 Å². The third-order valence-electron chi connectivity index (χ3n) is 14.1. The van der Waals surface area contributed by atoms with Gasteiger partial charge in [0, 0.05) is 0 Å². The highest BCUT2D eigenvalue weighted by molar-refractivity contribution is 4.99. The Labute approximate surface area is 428 Å². The Balaban J connectivity index is 1.07. The fraction of sp³-hybridized carbons (Fsp3) is 1.00. The molecule has 22 N–H and O–H groups in total. The number of ether oxygens (including phenoxy) is 13. The number of aliphatic hydroxyl groups is 22. The zero-order valence-corrected chi connectivity index (χ0v) is 39.7. The number of aliphatic hydroxyl groups excluding tert-OH is 22. The summed E-state index contributed by atoms with van der Waals surface area (Å²) in [5.74, 6) is 0. The maximum atomic E-state index is 11.6. The second-order valence-corrected chi connectivity index (χ2v) is 19.2. The molecule has 7 aliphatic heterocycles. The Hall–Kier alpha value is -1.40. The molecule has 76 heavy (non-hydrogen) atoms. The van der Waals surface area contributed by atoms with Gasteiger partial charge in [-0.1, -0.05) is 0 Å². The molecule has 0 aromatic carbocycles. The summed E-state index contributed by atoms with van der Waals surface area (Å²) >= 11 is 0. The molecule has 0 aromatic rings. The average Bonchev–Trinajstić information content (AvgIpc) is 3.41. The molecule has 0 amide bonds. The minimum atomic E-state index is -2.25. The van der Waals surface area contributed by atoms with Crippen molar-refractivity contribution in [1.29, 1.82) is 0 Å². The van der Waals surface area contributed by atoms with Gasteiger partial charge in [-0.15, -0.1) is 0 Å². The fourth-order valence-electron chi connectivity index (χ4n) is 9.37. The van der Waals surface area contributed by atoms with Crippen LogP contribution in [0.2, 0.25) is 0 Å². The molecule has 0 spiro atoms. The van der Waals surface area contributed by atoms with E-state index in [0.717, 1.165) is 0 Å². The summed E-state index contributed by atoms with van der Waals surface area (Å²) in [5, 5.41) is 232. The summed E-state index contributed by atoms with van der Waals surface area (Å²) in [5.41, 5.74) is 0. The fourth-order valence-corrected chi connectivity index (χ4v) is 9.37. The molecule has 7 aliphatic rings. The zero-order chi connectivity index (χ0) is 55.8. The van der Waals surface area contributed by atoms with Gasteiger partial charge >= 0.3 is 0 Å². The standard InChI is InChI=1S/C41H70O35/c42-1-9-16(47)22(53)28(59)36(69-9)66-6-13-18(49)23(54)29(60)37(72-13)67-7-14-19(50)24(55)30(61)40(73-14)75-33-20(51)10(2-43)70-41(34(33)76-39-27(58)15(46)8(45)4-64-39)74-32-11(3-44)71-38(31(62)25(32)56)65-5-12-17(48)21(52)26(57)35(63)68-12/h8-63H,1-7H2/t8-,9-,10-,11-,12-,13-,14-,15+,16-,17-,18-,19-,20-,21+,22+,23+,24+,25-,26+,27-,28+,29+,30+,31-,32+,33+,34+,35+,36+,37+,38-,39+,40-,41-/m1/s1. The third-order valence-corrected chi connectivity index (χ3v) is 14.1. The van der Waals surface area contributed by atoms with Crippen LogP contribution in [0.25, 0.3) is 0 Å². The van der Waals surface area contributed by atoms with Gasteiger partial charge in [-0.05, 0) is 0 Å². The SMILES string of the molecule is OC[C@H]1O[C@H](OC[C@H]2O[C@H](OC[C@H]3O[C@H](O[C@H]4[C@H](O)[C@@H](CO)O[C@H](O[C@@H]5[C@H](O)[C@@H](O)[C@H](OC[C@H]6O[C@H](O)[C@@H](O)[C@@H](O)[C@@H]6O)O[C@@H]5CO)[C@H]4O[C@@H]4OC[C@@H](O)[C@H](O)[C@H]4O)[C@@H](O)[C@@H](O)[C@@H]3O)[C@@H](O)[C@@H](O)[C@@H]2O)[C@@H](O)[C@@H](O)[C@@H]1O. The molecule has 7 saturated heterocycles. The van der Waals surface area contributed by atoms with Crippen molar-refractivity contribution in [3.05, 3.63) is 0 Å². The summed E-state index contributed by atoms with van der Waals surface area (Å²) in [6.07, 6.45) is -65.4. The van der Waals surface area contributed by atoms with E-state index in [4.69, 9.17) is 61.6 Å². The molecular weight excluding hydrogens is 1050 g/mol. The summed E-state index contributed by atoms with van der Waals surface area (Å²) in [6.45, 7) is -6.03. The molecule has 0 radical (unpaired) electrons. The molecule has 7 rings (SSSR count). The Morgan fingerprint density at radius 3 is 1.14 bits per heavy atom. The van der Waals surface area contributed by atoms with Gasteiger partial charge in [0.15, 0.2) is 44.0 Å². The quantitative estimate of drug-likeness (QED) is 0.0606. The number of hydrogen-bond donors (Lipinski definition) is 22. The van der Waals surface area contributed by atoms with E-state index in [9.17, 15) is 112 Å². The molecule has 0 aromatic heterocycles. The largest absolute Gasteiger partial charge is 0.394 e.